The summed E-state index contributed by atoms with van der Waals surface area (Å²) < 4.78 is 12.0. The molecule has 5 rings (SSSR count). The van der Waals surface area contributed by atoms with E-state index in [4.69, 9.17) is 21.1 Å². The van der Waals surface area contributed by atoms with Gasteiger partial charge >= 0.3 is 0 Å². The van der Waals surface area contributed by atoms with Crippen molar-refractivity contribution in [3.05, 3.63) is 82.4 Å². The number of benzene rings is 3. The quantitative estimate of drug-likeness (QED) is 0.242. The third kappa shape index (κ3) is 7.13. The summed E-state index contributed by atoms with van der Waals surface area (Å²) in [7, 11) is 3.82. The third-order valence-electron chi connectivity index (χ3n) is 9.12. The van der Waals surface area contributed by atoms with Crippen LogP contribution in [0.5, 0.6) is 11.5 Å². The van der Waals surface area contributed by atoms with E-state index >= 15 is 0 Å². The molecule has 1 unspecified atom stereocenters. The van der Waals surface area contributed by atoms with Crippen LogP contribution < -0.4 is 24.6 Å². The van der Waals surface area contributed by atoms with Crippen molar-refractivity contribution in [2.24, 2.45) is 5.92 Å². The van der Waals surface area contributed by atoms with Gasteiger partial charge in [0.1, 0.15) is 0 Å². The minimum Gasteiger partial charge on any atom is -0.493 e. The first-order valence-electron chi connectivity index (χ1n) is 15.8. The Morgan fingerprint density at radius 1 is 1.00 bits per heavy atom. The maximum atomic E-state index is 13.9. The number of carbonyl (C=O) groups is 1. The molecule has 0 saturated heterocycles. The molecule has 0 aromatic heterocycles. The molecular weight excluding hydrogens is 558 g/mol. The van der Waals surface area contributed by atoms with Gasteiger partial charge in [-0.25, -0.2) is 0 Å². The van der Waals surface area contributed by atoms with Crippen LogP contribution in [0.2, 0.25) is 5.02 Å². The summed E-state index contributed by atoms with van der Waals surface area (Å²) in [5.74, 6) is 2.10. The molecular formula is C36H46ClN3O3. The zero-order valence-electron chi connectivity index (χ0n) is 26.2. The molecule has 6 nitrogen and oxygen atoms in total. The summed E-state index contributed by atoms with van der Waals surface area (Å²) in [6.45, 7) is 8.44. The van der Waals surface area contributed by atoms with Crippen molar-refractivity contribution in [2.45, 2.75) is 77.5 Å². The SMILES string of the molecule is CCN[C@H]1CC[C@H](CN(C)c2ccc(N3C(=O)Cc4cc(OC)c(O[C@H](C)CC)cc4C3c3ccc(Cl)cc3)cc2)CC1. The molecule has 0 spiro atoms. The Morgan fingerprint density at radius 3 is 2.33 bits per heavy atom. The molecule has 2 aliphatic rings. The average Bonchev–Trinajstić information content (AvgIpc) is 3.02. The second-order valence-corrected chi connectivity index (χ2v) is 12.5. The number of nitrogens with zero attached hydrogens (tertiary/aromatic N) is 2. The van der Waals surface area contributed by atoms with E-state index < -0.39 is 0 Å². The Balaban J connectivity index is 1.44. The first-order valence-corrected chi connectivity index (χ1v) is 16.2. The van der Waals surface area contributed by atoms with E-state index in [1.807, 2.05) is 35.2 Å². The molecule has 7 heteroatoms. The van der Waals surface area contributed by atoms with Gasteiger partial charge in [0.05, 0.1) is 25.7 Å². The minimum absolute atomic E-state index is 0.0369. The summed E-state index contributed by atoms with van der Waals surface area (Å²) in [6, 6.07) is 20.6. The van der Waals surface area contributed by atoms with Crippen LogP contribution in [0.3, 0.4) is 0 Å². The average molecular weight is 604 g/mol. The van der Waals surface area contributed by atoms with Crippen molar-refractivity contribution < 1.29 is 14.3 Å². The van der Waals surface area contributed by atoms with Crippen molar-refractivity contribution in [1.82, 2.24) is 5.32 Å². The number of hydrogen-bond acceptors (Lipinski definition) is 5. The summed E-state index contributed by atoms with van der Waals surface area (Å²) in [6.07, 6.45) is 6.24. The van der Waals surface area contributed by atoms with Gasteiger partial charge in [-0.3, -0.25) is 4.79 Å². The highest BCUT2D eigenvalue weighted by Gasteiger charge is 2.36. The van der Waals surface area contributed by atoms with E-state index in [0.29, 0.717) is 28.5 Å². The Bertz CT molecular complexity index is 1370. The second kappa shape index (κ2) is 14.0. The number of halogens is 1. The molecule has 0 radical (unpaired) electrons. The van der Waals surface area contributed by atoms with Crippen LogP contribution in [-0.2, 0) is 11.2 Å². The van der Waals surface area contributed by atoms with Gasteiger partial charge in [-0.05, 0) is 117 Å². The Labute approximate surface area is 262 Å². The molecule has 3 aromatic rings. The summed E-state index contributed by atoms with van der Waals surface area (Å²) in [5.41, 5.74) is 5.02. The zero-order valence-corrected chi connectivity index (χ0v) is 27.0. The number of hydrogen-bond donors (Lipinski definition) is 1. The predicted octanol–water partition coefficient (Wildman–Crippen LogP) is 7.81. The van der Waals surface area contributed by atoms with E-state index in [2.05, 4.69) is 68.4 Å². The van der Waals surface area contributed by atoms with Gasteiger partial charge in [-0.2, -0.15) is 0 Å². The number of methoxy groups -OCH3 is 1. The van der Waals surface area contributed by atoms with Crippen LogP contribution >= 0.6 is 11.6 Å². The van der Waals surface area contributed by atoms with Crippen LogP contribution in [0.15, 0.2) is 60.7 Å². The number of carbonyl (C=O) groups excluding carboxylic acids is 1. The summed E-state index contributed by atoms with van der Waals surface area (Å²) in [5, 5.41) is 4.27. The van der Waals surface area contributed by atoms with Gasteiger partial charge in [-0.1, -0.05) is 37.6 Å². The zero-order chi connectivity index (χ0) is 30.5. The molecule has 1 heterocycles. The number of anilines is 2. The molecule has 1 fully saturated rings. The first-order chi connectivity index (χ1) is 20.8. The predicted molar refractivity (Wildman–Crippen MR) is 177 cm³/mol. The van der Waals surface area contributed by atoms with Gasteiger partial charge in [0.15, 0.2) is 11.5 Å². The summed E-state index contributed by atoms with van der Waals surface area (Å²) >= 11 is 6.28. The molecule has 3 aromatic carbocycles. The van der Waals surface area contributed by atoms with Crippen LogP contribution in [-0.4, -0.2) is 45.3 Å². The molecule has 1 aliphatic carbocycles. The van der Waals surface area contributed by atoms with Gasteiger partial charge in [0.2, 0.25) is 5.91 Å². The van der Waals surface area contributed by atoms with Crippen molar-refractivity contribution in [3.63, 3.8) is 0 Å². The number of ether oxygens (including phenoxy) is 2. The third-order valence-corrected chi connectivity index (χ3v) is 9.37. The lowest BCUT2D eigenvalue weighted by molar-refractivity contribution is -0.118. The molecule has 230 valence electrons. The fourth-order valence-electron chi connectivity index (χ4n) is 6.57. The lowest BCUT2D eigenvalue weighted by atomic mass is 9.85. The van der Waals surface area contributed by atoms with Gasteiger partial charge < -0.3 is 24.6 Å². The molecule has 1 aliphatic heterocycles. The van der Waals surface area contributed by atoms with Crippen LogP contribution in [0.1, 0.15) is 75.6 Å². The number of nitrogens with one attached hydrogen (secondary N) is 1. The number of fused-ring (bicyclic) bond motifs is 1. The molecule has 43 heavy (non-hydrogen) atoms. The molecule has 1 amide bonds. The fourth-order valence-corrected chi connectivity index (χ4v) is 6.70. The standard InChI is InChI=1S/C36H46ClN3O3/c1-6-24(3)43-34-22-32-27(20-33(34)42-5)21-35(41)40(36(32)26-10-12-28(37)13-11-26)31-18-16-30(17-19-31)39(4)23-25-8-14-29(15-9-25)38-7-2/h10-13,16-20,22,24-25,29,36,38H,6-9,14-15,21,23H2,1-5H3/t24-,25-,29-,36?/m1/s1. The number of rotatable bonds is 11. The Morgan fingerprint density at radius 2 is 1.70 bits per heavy atom. The fraction of sp³-hybridized carbons (Fsp3) is 0.472. The molecule has 1 saturated carbocycles. The van der Waals surface area contributed by atoms with Crippen LogP contribution in [0.4, 0.5) is 11.4 Å². The smallest absolute Gasteiger partial charge is 0.232 e. The normalized spacial score (nSPS) is 20.8. The lowest BCUT2D eigenvalue weighted by Gasteiger charge is -2.38. The highest BCUT2D eigenvalue weighted by molar-refractivity contribution is 6.30. The van der Waals surface area contributed by atoms with Gasteiger partial charge in [0, 0.05) is 36.0 Å². The Kier molecular flexibility index (Phi) is 10.2. The van der Waals surface area contributed by atoms with Crippen molar-refractivity contribution in [3.8, 4) is 11.5 Å². The highest BCUT2D eigenvalue weighted by atomic mass is 35.5. The van der Waals surface area contributed by atoms with Crippen LogP contribution in [0.25, 0.3) is 0 Å². The van der Waals surface area contributed by atoms with Gasteiger partial charge in [-0.15, -0.1) is 0 Å². The van der Waals surface area contributed by atoms with Crippen molar-refractivity contribution >= 4 is 28.9 Å². The Hall–Kier alpha value is -3.22. The second-order valence-electron chi connectivity index (χ2n) is 12.1. The largest absolute Gasteiger partial charge is 0.493 e. The van der Waals surface area contributed by atoms with Crippen LogP contribution in [0, 0.1) is 5.92 Å². The van der Waals surface area contributed by atoms with Crippen molar-refractivity contribution in [1.29, 1.82) is 0 Å². The highest BCUT2D eigenvalue weighted by Crippen LogP contribution is 2.44. The maximum absolute atomic E-state index is 13.9. The van der Waals surface area contributed by atoms with E-state index in [0.717, 1.165) is 41.9 Å². The van der Waals surface area contributed by atoms with E-state index in [1.54, 1.807) is 7.11 Å². The van der Waals surface area contributed by atoms with E-state index in [1.165, 1.54) is 31.4 Å². The first kappa shape index (κ1) is 31.2. The minimum atomic E-state index is -0.325. The maximum Gasteiger partial charge on any atom is 0.232 e. The van der Waals surface area contributed by atoms with E-state index in [9.17, 15) is 4.79 Å². The molecule has 2 atom stereocenters. The lowest BCUT2D eigenvalue weighted by Crippen LogP contribution is -2.41. The molecule has 0 bridgehead atoms. The van der Waals surface area contributed by atoms with E-state index in [-0.39, 0.29) is 24.5 Å². The summed E-state index contributed by atoms with van der Waals surface area (Å²) in [4.78, 5) is 18.2. The van der Waals surface area contributed by atoms with Gasteiger partial charge in [0.25, 0.3) is 0 Å². The number of amides is 1. The topological polar surface area (TPSA) is 54.0 Å². The molecule has 1 N–H and O–H groups in total. The van der Waals surface area contributed by atoms with Crippen molar-refractivity contribution in [2.75, 3.05) is 37.0 Å². The monoisotopic (exact) mass is 603 g/mol.